The molecule has 198 valence electrons. The lowest BCUT2D eigenvalue weighted by molar-refractivity contribution is -0.136. The highest BCUT2D eigenvalue weighted by Crippen LogP contribution is 2.32. The third-order valence-electron chi connectivity index (χ3n) is 6.27. The number of ketones is 1. The molecule has 0 saturated heterocycles. The number of carbonyl (C=O) groups is 3. The maximum absolute atomic E-state index is 13.1. The van der Waals surface area contributed by atoms with E-state index in [9.17, 15) is 22.8 Å². The Hall–Kier alpha value is -4.18. The third-order valence-corrected chi connectivity index (χ3v) is 8.09. The third kappa shape index (κ3) is 5.40. The Kier molecular flexibility index (Phi) is 7.82. The highest BCUT2D eigenvalue weighted by molar-refractivity contribution is 7.92. The van der Waals surface area contributed by atoms with Crippen LogP contribution in [0.1, 0.15) is 50.2 Å². The summed E-state index contributed by atoms with van der Waals surface area (Å²) in [5.41, 5.74) is 3.67. The van der Waals surface area contributed by atoms with Crippen LogP contribution < -0.4 is 4.31 Å². The molecule has 1 aromatic heterocycles. The van der Waals surface area contributed by atoms with Crippen LogP contribution in [0.4, 0.5) is 5.69 Å². The molecule has 4 rings (SSSR count). The van der Waals surface area contributed by atoms with E-state index in [0.29, 0.717) is 41.0 Å². The van der Waals surface area contributed by atoms with Gasteiger partial charge in [0, 0.05) is 18.3 Å². The van der Waals surface area contributed by atoms with Crippen molar-refractivity contribution in [3.05, 3.63) is 88.2 Å². The summed E-state index contributed by atoms with van der Waals surface area (Å²) in [7, 11) is -3.71. The standard InChI is InChI=1S/C28H28N2O7S/c1-4-36-28(33)26-18(2)27(29-19(26)3)24(31)17-37-25(32)14-11-20-9-12-22(13-10-20)38(34,35)30-16-15-21-7-5-6-8-23(21)30/h5-14,29H,4,15-17H2,1-3H3/b14-11+. The Morgan fingerprint density at radius 1 is 1.03 bits per heavy atom. The maximum Gasteiger partial charge on any atom is 0.340 e. The van der Waals surface area contributed by atoms with Crippen molar-refractivity contribution in [1.29, 1.82) is 0 Å². The largest absolute Gasteiger partial charge is 0.462 e. The van der Waals surface area contributed by atoms with E-state index in [0.717, 1.165) is 11.6 Å². The number of nitrogens with zero attached hydrogens (tertiary/aromatic N) is 1. The number of carbonyl (C=O) groups excluding carboxylic acids is 3. The number of H-pyrrole nitrogens is 1. The van der Waals surface area contributed by atoms with Gasteiger partial charge in [-0.15, -0.1) is 0 Å². The number of nitrogens with one attached hydrogen (secondary N) is 1. The van der Waals surface area contributed by atoms with Crippen LogP contribution in [0.2, 0.25) is 0 Å². The Labute approximate surface area is 221 Å². The summed E-state index contributed by atoms with van der Waals surface area (Å²) in [6.07, 6.45) is 3.29. The molecule has 9 nitrogen and oxygen atoms in total. The first-order valence-corrected chi connectivity index (χ1v) is 13.5. The quantitative estimate of drug-likeness (QED) is 0.249. The second-order valence-corrected chi connectivity index (χ2v) is 10.6. The molecular weight excluding hydrogens is 508 g/mol. The van der Waals surface area contributed by atoms with Gasteiger partial charge in [-0.3, -0.25) is 9.10 Å². The summed E-state index contributed by atoms with van der Waals surface area (Å²) in [5, 5.41) is 0. The monoisotopic (exact) mass is 536 g/mol. The minimum absolute atomic E-state index is 0.151. The zero-order valence-corrected chi connectivity index (χ0v) is 22.1. The number of aryl methyl sites for hydroxylation is 1. The normalized spacial score (nSPS) is 13.0. The van der Waals surface area contributed by atoms with Gasteiger partial charge in [-0.2, -0.15) is 0 Å². The number of ether oxygens (including phenoxy) is 2. The molecule has 2 heterocycles. The summed E-state index contributed by atoms with van der Waals surface area (Å²) < 4.78 is 37.7. The molecule has 10 heteroatoms. The van der Waals surface area contributed by atoms with Crippen molar-refractivity contribution in [2.75, 3.05) is 24.1 Å². The number of Topliss-reactive ketones (excluding diaryl/α,β-unsaturated/α-hetero) is 1. The molecule has 0 spiro atoms. The highest BCUT2D eigenvalue weighted by Gasteiger charge is 2.30. The molecular formula is C28H28N2O7S. The molecule has 0 fully saturated rings. The number of para-hydroxylation sites is 1. The molecule has 1 aliphatic heterocycles. The van der Waals surface area contributed by atoms with Crippen molar-refractivity contribution >= 4 is 39.5 Å². The summed E-state index contributed by atoms with van der Waals surface area (Å²) in [4.78, 5) is 39.9. The molecule has 2 aromatic carbocycles. The van der Waals surface area contributed by atoms with Gasteiger partial charge in [-0.25, -0.2) is 18.0 Å². The number of fused-ring (bicyclic) bond motifs is 1. The Bertz CT molecular complexity index is 1520. The van der Waals surface area contributed by atoms with Gasteiger partial charge in [0.1, 0.15) is 0 Å². The molecule has 0 amide bonds. The molecule has 38 heavy (non-hydrogen) atoms. The number of aromatic amines is 1. The lowest BCUT2D eigenvalue weighted by Gasteiger charge is -2.19. The number of hydrogen-bond acceptors (Lipinski definition) is 7. The van der Waals surface area contributed by atoms with E-state index in [4.69, 9.17) is 9.47 Å². The van der Waals surface area contributed by atoms with E-state index in [1.54, 1.807) is 39.0 Å². The molecule has 0 bridgehead atoms. The van der Waals surface area contributed by atoms with Crippen LogP contribution in [0.5, 0.6) is 0 Å². The number of esters is 2. The minimum atomic E-state index is -3.71. The lowest BCUT2D eigenvalue weighted by Crippen LogP contribution is -2.29. The average Bonchev–Trinajstić information content (AvgIpc) is 3.47. The average molecular weight is 537 g/mol. The predicted octanol–water partition coefficient (Wildman–Crippen LogP) is 4.00. The van der Waals surface area contributed by atoms with Gasteiger partial charge in [0.25, 0.3) is 10.0 Å². The first kappa shape index (κ1) is 26.9. The topological polar surface area (TPSA) is 123 Å². The second kappa shape index (κ2) is 11.1. The zero-order valence-electron chi connectivity index (χ0n) is 21.3. The number of anilines is 1. The van der Waals surface area contributed by atoms with Crippen LogP contribution in [0.25, 0.3) is 6.08 Å². The first-order chi connectivity index (χ1) is 18.1. The fourth-order valence-electron chi connectivity index (χ4n) is 4.40. The van der Waals surface area contributed by atoms with E-state index < -0.39 is 34.4 Å². The van der Waals surface area contributed by atoms with Gasteiger partial charge in [0.15, 0.2) is 6.61 Å². The van der Waals surface area contributed by atoms with Gasteiger partial charge in [-0.05, 0) is 68.2 Å². The molecule has 0 saturated carbocycles. The van der Waals surface area contributed by atoms with E-state index in [1.807, 2.05) is 18.2 Å². The maximum atomic E-state index is 13.1. The number of hydrogen-bond donors (Lipinski definition) is 1. The number of sulfonamides is 1. The fraction of sp³-hybridized carbons (Fsp3) is 0.250. The fourth-order valence-corrected chi connectivity index (χ4v) is 5.90. The molecule has 0 atom stereocenters. The van der Waals surface area contributed by atoms with E-state index in [2.05, 4.69) is 4.98 Å². The summed E-state index contributed by atoms with van der Waals surface area (Å²) in [6.45, 7) is 5.06. The van der Waals surface area contributed by atoms with Gasteiger partial charge in [0.05, 0.1) is 28.4 Å². The number of benzene rings is 2. The van der Waals surface area contributed by atoms with Crippen LogP contribution >= 0.6 is 0 Å². The van der Waals surface area contributed by atoms with Crippen LogP contribution in [-0.2, 0) is 30.7 Å². The van der Waals surface area contributed by atoms with Crippen molar-refractivity contribution in [2.24, 2.45) is 0 Å². The Morgan fingerprint density at radius 3 is 2.45 bits per heavy atom. The van der Waals surface area contributed by atoms with E-state index in [-0.39, 0.29) is 17.2 Å². The van der Waals surface area contributed by atoms with Gasteiger partial charge < -0.3 is 14.5 Å². The van der Waals surface area contributed by atoms with Gasteiger partial charge in [0.2, 0.25) is 5.78 Å². The second-order valence-electron chi connectivity index (χ2n) is 8.73. The lowest BCUT2D eigenvalue weighted by atomic mass is 10.1. The smallest absolute Gasteiger partial charge is 0.340 e. The van der Waals surface area contributed by atoms with Crippen LogP contribution in [0, 0.1) is 13.8 Å². The van der Waals surface area contributed by atoms with Crippen LogP contribution in [0.3, 0.4) is 0 Å². The van der Waals surface area contributed by atoms with Gasteiger partial charge >= 0.3 is 11.9 Å². The molecule has 3 aromatic rings. The Morgan fingerprint density at radius 2 is 1.74 bits per heavy atom. The number of aromatic nitrogens is 1. The summed E-state index contributed by atoms with van der Waals surface area (Å²) in [5.74, 6) is -1.75. The van der Waals surface area contributed by atoms with Crippen molar-refractivity contribution in [3.8, 4) is 0 Å². The molecule has 0 aliphatic carbocycles. The Balaban J connectivity index is 1.36. The van der Waals surface area contributed by atoms with E-state index in [1.165, 1.54) is 22.5 Å². The van der Waals surface area contributed by atoms with E-state index >= 15 is 0 Å². The van der Waals surface area contributed by atoms with Crippen molar-refractivity contribution in [2.45, 2.75) is 32.1 Å². The molecule has 0 radical (unpaired) electrons. The number of rotatable bonds is 9. The predicted molar refractivity (Wildman–Crippen MR) is 142 cm³/mol. The SMILES string of the molecule is CCOC(=O)c1c(C)[nH]c(C(=O)COC(=O)/C=C/c2ccc(S(=O)(=O)N3CCc4ccccc43)cc2)c1C. The zero-order chi connectivity index (χ0) is 27.4. The summed E-state index contributed by atoms with van der Waals surface area (Å²) in [6, 6.07) is 13.6. The first-order valence-electron chi connectivity index (χ1n) is 12.1. The molecule has 1 aliphatic rings. The van der Waals surface area contributed by atoms with Crippen molar-refractivity contribution < 1.29 is 32.3 Å². The molecule has 0 unspecified atom stereocenters. The molecule has 1 N–H and O–H groups in total. The minimum Gasteiger partial charge on any atom is -0.462 e. The van der Waals surface area contributed by atoms with Crippen LogP contribution in [-0.4, -0.2) is 50.9 Å². The highest BCUT2D eigenvalue weighted by atomic mass is 32.2. The van der Waals surface area contributed by atoms with Crippen molar-refractivity contribution in [1.82, 2.24) is 4.98 Å². The van der Waals surface area contributed by atoms with Crippen LogP contribution in [0.15, 0.2) is 59.5 Å². The van der Waals surface area contributed by atoms with Gasteiger partial charge in [-0.1, -0.05) is 30.3 Å². The summed E-state index contributed by atoms with van der Waals surface area (Å²) >= 11 is 0. The van der Waals surface area contributed by atoms with Crippen molar-refractivity contribution in [3.63, 3.8) is 0 Å².